The number of thioether (sulfide) groups is 1. The molecule has 29 heavy (non-hydrogen) atoms. The van der Waals surface area contributed by atoms with Gasteiger partial charge in [-0.05, 0) is 59.1 Å². The molecule has 0 bridgehead atoms. The summed E-state index contributed by atoms with van der Waals surface area (Å²) in [6, 6.07) is 13.1. The Hall–Kier alpha value is -1.64. The third kappa shape index (κ3) is 4.59. The van der Waals surface area contributed by atoms with Crippen molar-refractivity contribution in [3.05, 3.63) is 61.8 Å². The molecule has 8 heteroatoms. The molecule has 0 spiro atoms. The highest BCUT2D eigenvalue weighted by Crippen LogP contribution is 2.32. The van der Waals surface area contributed by atoms with E-state index in [9.17, 15) is 9.59 Å². The number of anilines is 1. The summed E-state index contributed by atoms with van der Waals surface area (Å²) in [5.74, 6) is 0.0402. The van der Waals surface area contributed by atoms with Gasteiger partial charge in [-0.3, -0.25) is 14.2 Å². The highest BCUT2D eigenvalue weighted by molar-refractivity contribution is 9.11. The Morgan fingerprint density at radius 1 is 1.17 bits per heavy atom. The molecule has 0 aliphatic heterocycles. The number of carbonyl (C=O) groups excluding carboxylic acids is 1. The van der Waals surface area contributed by atoms with Gasteiger partial charge >= 0.3 is 0 Å². The van der Waals surface area contributed by atoms with E-state index in [4.69, 9.17) is 4.98 Å². The number of hydrogen-bond acceptors (Lipinski definition) is 4. The molecule has 2 aromatic carbocycles. The predicted octanol–water partition coefficient (Wildman–Crippen LogP) is 5.77. The van der Waals surface area contributed by atoms with Crippen molar-refractivity contribution in [3.8, 4) is 0 Å². The number of fused-ring (bicyclic) bond motifs is 1. The predicted molar refractivity (Wildman–Crippen MR) is 125 cm³/mol. The van der Waals surface area contributed by atoms with E-state index in [-0.39, 0.29) is 23.3 Å². The molecule has 150 valence electrons. The van der Waals surface area contributed by atoms with E-state index < -0.39 is 0 Å². The molecule has 3 aromatic rings. The first-order chi connectivity index (χ1) is 14.0. The van der Waals surface area contributed by atoms with Crippen LogP contribution >= 0.6 is 43.6 Å². The van der Waals surface area contributed by atoms with Crippen LogP contribution in [0, 0.1) is 0 Å². The fraction of sp³-hybridized carbons (Fsp3) is 0.286. The minimum atomic E-state index is -0.140. The molecule has 1 heterocycles. The number of carbonyl (C=O) groups is 1. The largest absolute Gasteiger partial charge is 0.324 e. The van der Waals surface area contributed by atoms with Crippen LogP contribution in [0.5, 0.6) is 0 Å². The summed E-state index contributed by atoms with van der Waals surface area (Å²) in [4.78, 5) is 30.4. The highest BCUT2D eigenvalue weighted by Gasteiger charge is 2.23. The van der Waals surface area contributed by atoms with Crippen LogP contribution in [0.25, 0.3) is 10.9 Å². The topological polar surface area (TPSA) is 64.0 Å². The molecular weight excluding hydrogens is 518 g/mol. The molecule has 1 aliphatic rings. The normalized spacial score (nSPS) is 14.4. The number of amides is 1. The summed E-state index contributed by atoms with van der Waals surface area (Å²) in [7, 11) is 0. The van der Waals surface area contributed by atoms with Crippen molar-refractivity contribution in [3.63, 3.8) is 0 Å². The molecule has 5 nitrogen and oxygen atoms in total. The maximum absolute atomic E-state index is 13.1. The quantitative estimate of drug-likeness (QED) is 0.332. The van der Waals surface area contributed by atoms with Crippen LogP contribution in [-0.2, 0) is 4.79 Å². The SMILES string of the molecule is O=C(CSc1nc2ccccc2c(=O)n1C1CCCC1)Nc1ccc(Br)cc1Br. The zero-order chi connectivity index (χ0) is 20.4. The monoisotopic (exact) mass is 535 g/mol. The molecule has 1 amide bonds. The number of para-hydroxylation sites is 1. The molecule has 0 unspecified atom stereocenters. The van der Waals surface area contributed by atoms with Gasteiger partial charge < -0.3 is 5.32 Å². The van der Waals surface area contributed by atoms with Gasteiger partial charge in [0.2, 0.25) is 5.91 Å². The van der Waals surface area contributed by atoms with Crippen molar-refractivity contribution in [2.45, 2.75) is 36.9 Å². The van der Waals surface area contributed by atoms with Gasteiger partial charge in [0.15, 0.2) is 5.16 Å². The summed E-state index contributed by atoms with van der Waals surface area (Å²) in [6.45, 7) is 0. The van der Waals surface area contributed by atoms with Crippen LogP contribution in [0.15, 0.2) is 61.4 Å². The Morgan fingerprint density at radius 2 is 1.93 bits per heavy atom. The third-order valence-electron chi connectivity index (χ3n) is 5.00. The molecule has 4 rings (SSSR count). The van der Waals surface area contributed by atoms with Gasteiger partial charge in [-0.1, -0.05) is 52.7 Å². The summed E-state index contributed by atoms with van der Waals surface area (Å²) in [5.41, 5.74) is 1.37. The number of rotatable bonds is 5. The number of nitrogens with zero attached hydrogens (tertiary/aromatic N) is 2. The lowest BCUT2D eigenvalue weighted by Crippen LogP contribution is -2.27. The molecule has 1 fully saturated rings. The minimum Gasteiger partial charge on any atom is -0.324 e. The van der Waals surface area contributed by atoms with Gasteiger partial charge in [0.1, 0.15) is 0 Å². The fourth-order valence-corrected chi connectivity index (χ4v) is 5.63. The number of aromatic nitrogens is 2. The van der Waals surface area contributed by atoms with Crippen LogP contribution in [-0.4, -0.2) is 21.2 Å². The van der Waals surface area contributed by atoms with Crippen molar-refractivity contribution < 1.29 is 4.79 Å². The molecular formula is C21H19Br2N3O2S. The summed E-state index contributed by atoms with van der Waals surface area (Å²) in [6.07, 6.45) is 4.19. The number of hydrogen-bond donors (Lipinski definition) is 1. The minimum absolute atomic E-state index is 0.0129. The van der Waals surface area contributed by atoms with Crippen LogP contribution in [0.1, 0.15) is 31.7 Å². The Labute approximate surface area is 189 Å². The van der Waals surface area contributed by atoms with Gasteiger partial charge in [-0.15, -0.1) is 0 Å². The zero-order valence-electron chi connectivity index (χ0n) is 15.5. The molecule has 1 N–H and O–H groups in total. The van der Waals surface area contributed by atoms with Gasteiger partial charge in [0.25, 0.3) is 5.56 Å². The Kier molecular flexibility index (Phi) is 6.41. The van der Waals surface area contributed by atoms with Gasteiger partial charge in [-0.25, -0.2) is 4.98 Å². The van der Waals surface area contributed by atoms with Crippen LogP contribution < -0.4 is 10.9 Å². The van der Waals surface area contributed by atoms with Crippen LogP contribution in [0.2, 0.25) is 0 Å². The molecule has 0 atom stereocenters. The zero-order valence-corrected chi connectivity index (χ0v) is 19.5. The summed E-state index contributed by atoms with van der Waals surface area (Å²) < 4.78 is 3.54. The number of nitrogens with one attached hydrogen (secondary N) is 1. The third-order valence-corrected chi connectivity index (χ3v) is 7.10. The Balaban J connectivity index is 1.59. The molecule has 1 saturated carbocycles. The Bertz CT molecular complexity index is 1130. The lowest BCUT2D eigenvalue weighted by Gasteiger charge is -2.18. The molecule has 1 aromatic heterocycles. The standard InChI is InChI=1S/C21H19Br2N3O2S/c22-13-9-10-18(16(23)11-13)24-19(27)12-29-21-25-17-8-4-3-7-15(17)20(28)26(21)14-5-1-2-6-14/h3-4,7-11,14H,1-2,5-6,12H2,(H,24,27). The van der Waals surface area contributed by atoms with Crippen LogP contribution in [0.3, 0.4) is 0 Å². The first kappa shape index (κ1) is 20.6. The van der Waals surface area contributed by atoms with Crippen molar-refractivity contribution in [2.24, 2.45) is 0 Å². The second kappa shape index (κ2) is 9.02. The second-order valence-electron chi connectivity index (χ2n) is 6.99. The van der Waals surface area contributed by atoms with Crippen molar-refractivity contribution in [2.75, 3.05) is 11.1 Å². The Morgan fingerprint density at radius 3 is 2.69 bits per heavy atom. The lowest BCUT2D eigenvalue weighted by molar-refractivity contribution is -0.113. The first-order valence-electron chi connectivity index (χ1n) is 9.42. The average Bonchev–Trinajstić information content (AvgIpc) is 3.23. The fourth-order valence-electron chi connectivity index (χ4n) is 3.62. The molecule has 0 radical (unpaired) electrons. The number of halogens is 2. The lowest BCUT2D eigenvalue weighted by atomic mass is 10.2. The molecule has 0 saturated heterocycles. The molecule has 1 aliphatic carbocycles. The number of benzene rings is 2. The van der Waals surface area contributed by atoms with E-state index in [2.05, 4.69) is 37.2 Å². The van der Waals surface area contributed by atoms with E-state index in [1.807, 2.05) is 47.0 Å². The van der Waals surface area contributed by atoms with Crippen molar-refractivity contribution in [1.82, 2.24) is 9.55 Å². The van der Waals surface area contributed by atoms with Gasteiger partial charge in [-0.2, -0.15) is 0 Å². The van der Waals surface area contributed by atoms with E-state index in [1.165, 1.54) is 11.8 Å². The smallest absolute Gasteiger partial charge is 0.262 e. The maximum Gasteiger partial charge on any atom is 0.262 e. The van der Waals surface area contributed by atoms with E-state index in [0.717, 1.165) is 34.6 Å². The van der Waals surface area contributed by atoms with E-state index in [0.29, 0.717) is 21.7 Å². The highest BCUT2D eigenvalue weighted by atomic mass is 79.9. The van der Waals surface area contributed by atoms with Crippen molar-refractivity contribution >= 4 is 66.1 Å². The second-order valence-corrected chi connectivity index (χ2v) is 9.70. The maximum atomic E-state index is 13.1. The van der Waals surface area contributed by atoms with Gasteiger partial charge in [0.05, 0.1) is 22.3 Å². The average molecular weight is 537 g/mol. The van der Waals surface area contributed by atoms with Crippen LogP contribution in [0.4, 0.5) is 5.69 Å². The van der Waals surface area contributed by atoms with Gasteiger partial charge in [0, 0.05) is 15.0 Å². The summed E-state index contributed by atoms with van der Waals surface area (Å²) >= 11 is 8.17. The summed E-state index contributed by atoms with van der Waals surface area (Å²) in [5, 5.41) is 4.15. The van der Waals surface area contributed by atoms with E-state index in [1.54, 1.807) is 0 Å². The first-order valence-corrected chi connectivity index (χ1v) is 12.0. The van der Waals surface area contributed by atoms with E-state index >= 15 is 0 Å². The van der Waals surface area contributed by atoms with Crippen molar-refractivity contribution in [1.29, 1.82) is 0 Å².